The van der Waals surface area contributed by atoms with Crippen LogP contribution in [0.5, 0.6) is 5.75 Å². The summed E-state index contributed by atoms with van der Waals surface area (Å²) in [6, 6.07) is 7.54. The molecule has 1 atom stereocenters. The smallest absolute Gasteiger partial charge is 0.240 e. The molecule has 0 saturated carbocycles. The van der Waals surface area contributed by atoms with Crippen LogP contribution in [-0.2, 0) is 42.2 Å². The Bertz CT molecular complexity index is 504. The Hall–Kier alpha value is -0.416. The summed E-state index contributed by atoms with van der Waals surface area (Å²) in [5.41, 5.74) is 1.68. The average molecular weight is 384 g/mol. The minimum Gasteiger partial charge on any atom is -0.491 e. The molecule has 0 saturated heterocycles. The summed E-state index contributed by atoms with van der Waals surface area (Å²) in [5.74, 6) is 0.673. The third-order valence-corrected chi connectivity index (χ3v) is 3.41. The third-order valence-electron chi connectivity index (χ3n) is 3.07. The van der Waals surface area contributed by atoms with E-state index < -0.39 is 5.38 Å². The van der Waals surface area contributed by atoms with Gasteiger partial charge in [-0.15, -0.1) is 29.4 Å². The number of carbonyl (C=O) groups is 1. The van der Waals surface area contributed by atoms with Gasteiger partial charge in [-0.1, -0.05) is 6.42 Å². The zero-order chi connectivity index (χ0) is 14.5. The van der Waals surface area contributed by atoms with Crippen molar-refractivity contribution >= 4 is 23.2 Å². The van der Waals surface area contributed by atoms with Crippen LogP contribution >= 0.6 is 11.6 Å². The third kappa shape index (κ3) is 4.78. The van der Waals surface area contributed by atoms with E-state index in [4.69, 9.17) is 21.1 Å². The molecule has 4 nitrogen and oxygen atoms in total. The van der Waals surface area contributed by atoms with Gasteiger partial charge >= 0.3 is 0 Å². The van der Waals surface area contributed by atoms with Crippen LogP contribution in [0.3, 0.4) is 0 Å². The van der Waals surface area contributed by atoms with Crippen molar-refractivity contribution in [2.24, 2.45) is 0 Å². The molecule has 6 heteroatoms. The number of hydrogen-bond donors (Lipinski definition) is 0. The van der Waals surface area contributed by atoms with E-state index >= 15 is 0 Å². The van der Waals surface area contributed by atoms with Crippen LogP contribution in [0.4, 0.5) is 0 Å². The Morgan fingerprint density at radius 3 is 2.62 bits per heavy atom. The fraction of sp³-hybridized carbons (Fsp3) is 0.400. The summed E-state index contributed by atoms with van der Waals surface area (Å²) in [6.45, 7) is 1.06. The molecule has 0 aliphatic carbocycles. The number of carbonyl (C=O) groups excluding carboxylic acids is 1. The first-order chi connectivity index (χ1) is 9.63. The molecule has 1 heterocycles. The van der Waals surface area contributed by atoms with E-state index in [9.17, 15) is 4.79 Å². The molecule has 0 N–H and O–H groups in total. The van der Waals surface area contributed by atoms with Crippen molar-refractivity contribution in [3.05, 3.63) is 35.9 Å². The maximum Gasteiger partial charge on any atom is 0.240 e. The Kier molecular flexibility index (Phi) is 7.89. The SMILES string of the molecule is COCCOc1ccc(C2=[C-]CC(Cl)C(=O)N2C)cc1.[Y]. The van der Waals surface area contributed by atoms with Gasteiger partial charge in [0.25, 0.3) is 0 Å². The van der Waals surface area contributed by atoms with Crippen molar-refractivity contribution in [2.75, 3.05) is 27.4 Å². The van der Waals surface area contributed by atoms with Gasteiger partial charge < -0.3 is 14.4 Å². The number of benzene rings is 1. The zero-order valence-electron chi connectivity index (χ0n) is 12.1. The quantitative estimate of drug-likeness (QED) is 0.445. The molecule has 0 fully saturated rings. The topological polar surface area (TPSA) is 38.8 Å². The van der Waals surface area contributed by atoms with Gasteiger partial charge in [0.1, 0.15) is 17.7 Å². The summed E-state index contributed by atoms with van der Waals surface area (Å²) in [5, 5.41) is -0.514. The molecule has 111 valence electrons. The van der Waals surface area contributed by atoms with E-state index in [2.05, 4.69) is 6.08 Å². The number of methoxy groups -OCH3 is 1. The molecule has 1 aliphatic heterocycles. The first-order valence-corrected chi connectivity index (χ1v) is 6.81. The molecule has 21 heavy (non-hydrogen) atoms. The maximum atomic E-state index is 11.8. The van der Waals surface area contributed by atoms with Crippen LogP contribution in [0.2, 0.25) is 0 Å². The van der Waals surface area contributed by atoms with Crippen molar-refractivity contribution in [1.29, 1.82) is 0 Å². The summed E-state index contributed by atoms with van der Waals surface area (Å²) in [6.07, 6.45) is 3.60. The van der Waals surface area contributed by atoms with Crippen LogP contribution in [0, 0.1) is 6.08 Å². The van der Waals surface area contributed by atoms with Crippen molar-refractivity contribution in [3.63, 3.8) is 0 Å². The monoisotopic (exact) mass is 383 g/mol. The molecule has 1 aromatic carbocycles. The van der Waals surface area contributed by atoms with E-state index in [1.807, 2.05) is 24.3 Å². The average Bonchev–Trinajstić information content (AvgIpc) is 2.46. The number of rotatable bonds is 5. The standard InChI is InChI=1S/C15H17ClNO3.Y/c1-17-14(8-7-13(16)15(17)18)11-3-5-12(6-4-11)20-10-9-19-2;/h3-6,13H,7,9-10H2,1-2H3;/q-1;. The van der Waals surface area contributed by atoms with Crippen LogP contribution < -0.4 is 4.74 Å². The van der Waals surface area contributed by atoms with E-state index in [-0.39, 0.29) is 38.6 Å². The molecule has 1 radical (unpaired) electrons. The maximum absolute atomic E-state index is 11.8. The first kappa shape index (κ1) is 18.6. The van der Waals surface area contributed by atoms with Crippen LogP contribution in [0.15, 0.2) is 24.3 Å². The summed E-state index contributed by atoms with van der Waals surface area (Å²) >= 11 is 5.91. The molecular formula is C15H17ClNO3Y-. The Balaban J connectivity index is 0.00000220. The predicted molar refractivity (Wildman–Crippen MR) is 77.5 cm³/mol. The van der Waals surface area contributed by atoms with Crippen LogP contribution in [-0.4, -0.2) is 43.6 Å². The molecule has 0 bridgehead atoms. The molecule has 0 spiro atoms. The second-order valence-electron chi connectivity index (χ2n) is 4.46. The summed E-state index contributed by atoms with van der Waals surface area (Å²) in [7, 11) is 3.34. The number of alkyl halides is 1. The fourth-order valence-corrected chi connectivity index (χ4v) is 2.18. The summed E-state index contributed by atoms with van der Waals surface area (Å²) in [4.78, 5) is 13.4. The minimum atomic E-state index is -0.514. The molecule has 0 aromatic heterocycles. The molecule has 1 unspecified atom stereocenters. The van der Waals surface area contributed by atoms with Crippen LogP contribution in [0.1, 0.15) is 12.0 Å². The van der Waals surface area contributed by atoms with Crippen molar-refractivity contribution in [1.82, 2.24) is 4.90 Å². The minimum absolute atomic E-state index is 0. The van der Waals surface area contributed by atoms with Gasteiger partial charge in [-0.25, -0.2) is 6.08 Å². The second kappa shape index (κ2) is 8.89. The van der Waals surface area contributed by atoms with Crippen molar-refractivity contribution in [2.45, 2.75) is 11.8 Å². The van der Waals surface area contributed by atoms with Crippen LogP contribution in [0.25, 0.3) is 5.70 Å². The van der Waals surface area contributed by atoms with E-state index in [1.165, 1.54) is 0 Å². The molecule has 1 amide bonds. The number of amides is 1. The van der Waals surface area contributed by atoms with Gasteiger partial charge in [0.2, 0.25) is 5.91 Å². The normalized spacial score (nSPS) is 18.0. The number of allylic oxidation sites excluding steroid dienone is 1. The van der Waals surface area contributed by atoms with Gasteiger partial charge in [-0.3, -0.25) is 4.79 Å². The van der Waals surface area contributed by atoms with Gasteiger partial charge in [0, 0.05) is 46.9 Å². The Morgan fingerprint density at radius 1 is 1.33 bits per heavy atom. The number of hydrogen-bond acceptors (Lipinski definition) is 3. The fourth-order valence-electron chi connectivity index (χ4n) is 1.96. The number of halogens is 1. The van der Waals surface area contributed by atoms with E-state index in [0.717, 1.165) is 17.0 Å². The summed E-state index contributed by atoms with van der Waals surface area (Å²) < 4.78 is 10.4. The van der Waals surface area contributed by atoms with Crippen molar-refractivity contribution in [3.8, 4) is 5.75 Å². The zero-order valence-corrected chi connectivity index (χ0v) is 15.7. The Morgan fingerprint density at radius 2 is 2.00 bits per heavy atom. The predicted octanol–water partition coefficient (Wildman–Crippen LogP) is 2.32. The molecule has 2 rings (SSSR count). The second-order valence-corrected chi connectivity index (χ2v) is 4.99. The number of ether oxygens (including phenoxy) is 2. The Labute approximate surface area is 155 Å². The van der Waals surface area contributed by atoms with Gasteiger partial charge in [-0.2, -0.15) is 5.56 Å². The molecule has 1 aromatic rings. The van der Waals surface area contributed by atoms with E-state index in [0.29, 0.717) is 19.6 Å². The van der Waals surface area contributed by atoms with Gasteiger partial charge in [-0.05, 0) is 12.1 Å². The van der Waals surface area contributed by atoms with E-state index in [1.54, 1.807) is 19.1 Å². The molecular weight excluding hydrogens is 367 g/mol. The largest absolute Gasteiger partial charge is 0.491 e. The molecule has 1 aliphatic rings. The van der Waals surface area contributed by atoms with Gasteiger partial charge in [0.05, 0.1) is 6.61 Å². The number of nitrogens with zero attached hydrogens (tertiary/aromatic N) is 1. The first-order valence-electron chi connectivity index (χ1n) is 6.38. The van der Waals surface area contributed by atoms with Gasteiger partial charge in [0.15, 0.2) is 0 Å². The van der Waals surface area contributed by atoms with Crippen molar-refractivity contribution < 1.29 is 47.0 Å².